The summed E-state index contributed by atoms with van der Waals surface area (Å²) in [6.07, 6.45) is 0.841. The number of hydrogen-bond donors (Lipinski definition) is 2. The van der Waals surface area contributed by atoms with E-state index in [0.717, 1.165) is 64.6 Å². The quantitative estimate of drug-likeness (QED) is 0.500. The first-order valence-electron chi connectivity index (χ1n) is 10.7. The van der Waals surface area contributed by atoms with Crippen molar-refractivity contribution in [1.29, 1.82) is 0 Å². The number of nitrogens with one attached hydrogen (secondary N) is 1. The standard InChI is InChI=1S/C22H39N3O3/c1-4-24-10-12-25(13-11-24)17-21(26)18-28-22-8-5-7-20(15-22)16-23-9-6-14-27-19(2)3/h5,7-8,15,19,21,23,26H,4,6,9-14,16-18H2,1-3H3/t21-/m1/s1. The van der Waals surface area contributed by atoms with Gasteiger partial charge in [-0.25, -0.2) is 0 Å². The van der Waals surface area contributed by atoms with Gasteiger partial charge in [-0.3, -0.25) is 4.90 Å². The summed E-state index contributed by atoms with van der Waals surface area (Å²) in [6.45, 7) is 15.2. The molecular formula is C22H39N3O3. The normalized spacial score (nSPS) is 17.2. The Labute approximate surface area is 170 Å². The Hall–Kier alpha value is -1.18. The van der Waals surface area contributed by atoms with Crippen LogP contribution in [-0.4, -0.2) is 86.1 Å². The lowest BCUT2D eigenvalue weighted by Crippen LogP contribution is -2.49. The van der Waals surface area contributed by atoms with Crippen LogP contribution in [0.4, 0.5) is 0 Å². The first-order chi connectivity index (χ1) is 13.6. The van der Waals surface area contributed by atoms with Crippen LogP contribution in [0.25, 0.3) is 0 Å². The van der Waals surface area contributed by atoms with Crippen molar-refractivity contribution in [2.75, 3.05) is 59.0 Å². The molecule has 6 heteroatoms. The molecule has 0 saturated carbocycles. The number of likely N-dealkylation sites (N-methyl/N-ethyl adjacent to an activating group) is 1. The molecule has 1 atom stereocenters. The molecule has 160 valence electrons. The predicted octanol–water partition coefficient (Wildman–Crippen LogP) is 1.97. The number of ether oxygens (including phenoxy) is 2. The molecule has 2 rings (SSSR count). The maximum atomic E-state index is 10.3. The molecule has 1 saturated heterocycles. The van der Waals surface area contributed by atoms with Crippen molar-refractivity contribution in [1.82, 2.24) is 15.1 Å². The van der Waals surface area contributed by atoms with Gasteiger partial charge in [-0.05, 0) is 51.1 Å². The maximum absolute atomic E-state index is 10.3. The van der Waals surface area contributed by atoms with E-state index in [0.29, 0.717) is 19.3 Å². The van der Waals surface area contributed by atoms with Crippen LogP contribution in [0.2, 0.25) is 0 Å². The highest BCUT2D eigenvalue weighted by atomic mass is 16.5. The second-order valence-electron chi connectivity index (χ2n) is 7.80. The summed E-state index contributed by atoms with van der Waals surface area (Å²) in [6, 6.07) is 8.09. The van der Waals surface area contributed by atoms with Gasteiger partial charge in [-0.1, -0.05) is 19.1 Å². The number of benzene rings is 1. The van der Waals surface area contributed by atoms with E-state index in [9.17, 15) is 5.11 Å². The molecule has 1 aliphatic rings. The molecule has 0 aromatic heterocycles. The van der Waals surface area contributed by atoms with Gasteiger partial charge in [0.15, 0.2) is 0 Å². The van der Waals surface area contributed by atoms with Crippen LogP contribution in [0.3, 0.4) is 0 Å². The highest BCUT2D eigenvalue weighted by Gasteiger charge is 2.18. The Morgan fingerprint density at radius 1 is 1.14 bits per heavy atom. The molecule has 28 heavy (non-hydrogen) atoms. The Balaban J connectivity index is 1.62. The van der Waals surface area contributed by atoms with Gasteiger partial charge >= 0.3 is 0 Å². The molecule has 1 aromatic rings. The molecule has 1 aromatic carbocycles. The zero-order chi connectivity index (χ0) is 20.2. The fourth-order valence-electron chi connectivity index (χ4n) is 3.33. The van der Waals surface area contributed by atoms with E-state index in [1.807, 2.05) is 18.2 Å². The number of aliphatic hydroxyl groups is 1. The molecule has 0 bridgehead atoms. The number of rotatable bonds is 13. The Morgan fingerprint density at radius 2 is 1.89 bits per heavy atom. The number of piperazine rings is 1. The Kier molecular flexibility index (Phi) is 10.8. The third-order valence-electron chi connectivity index (χ3n) is 5.00. The monoisotopic (exact) mass is 393 g/mol. The summed E-state index contributed by atoms with van der Waals surface area (Å²) in [5.74, 6) is 0.817. The maximum Gasteiger partial charge on any atom is 0.119 e. The van der Waals surface area contributed by atoms with E-state index in [4.69, 9.17) is 9.47 Å². The molecule has 1 fully saturated rings. The van der Waals surface area contributed by atoms with Crippen molar-refractivity contribution < 1.29 is 14.6 Å². The average molecular weight is 394 g/mol. The molecule has 0 amide bonds. The Morgan fingerprint density at radius 3 is 2.61 bits per heavy atom. The van der Waals surface area contributed by atoms with Crippen LogP contribution < -0.4 is 10.1 Å². The van der Waals surface area contributed by atoms with Gasteiger partial charge < -0.3 is 24.8 Å². The van der Waals surface area contributed by atoms with Crippen LogP contribution in [0.1, 0.15) is 32.8 Å². The first-order valence-corrected chi connectivity index (χ1v) is 10.7. The van der Waals surface area contributed by atoms with E-state index in [1.165, 1.54) is 5.56 Å². The smallest absolute Gasteiger partial charge is 0.119 e. The minimum atomic E-state index is -0.462. The van der Waals surface area contributed by atoms with Crippen molar-refractivity contribution in [2.24, 2.45) is 0 Å². The summed E-state index contributed by atoms with van der Waals surface area (Å²) < 4.78 is 11.4. The molecule has 1 heterocycles. The molecule has 0 aliphatic carbocycles. The minimum Gasteiger partial charge on any atom is -0.491 e. The highest BCUT2D eigenvalue weighted by molar-refractivity contribution is 5.28. The van der Waals surface area contributed by atoms with Gasteiger partial charge in [0.05, 0.1) is 6.10 Å². The van der Waals surface area contributed by atoms with Gasteiger partial charge in [-0.15, -0.1) is 0 Å². The summed E-state index contributed by atoms with van der Waals surface area (Å²) in [7, 11) is 0. The van der Waals surface area contributed by atoms with Crippen molar-refractivity contribution in [2.45, 2.75) is 45.9 Å². The fraction of sp³-hybridized carbons (Fsp3) is 0.727. The predicted molar refractivity (Wildman–Crippen MR) is 114 cm³/mol. The summed E-state index contributed by atoms with van der Waals surface area (Å²) in [5.41, 5.74) is 1.19. The summed E-state index contributed by atoms with van der Waals surface area (Å²) in [4.78, 5) is 4.76. The highest BCUT2D eigenvalue weighted by Crippen LogP contribution is 2.14. The van der Waals surface area contributed by atoms with E-state index in [2.05, 4.69) is 42.0 Å². The number of β-amino-alcohol motifs (C(OH)–C–C–N with tert-alkyl or cyclic N) is 1. The van der Waals surface area contributed by atoms with Crippen LogP contribution in [0, 0.1) is 0 Å². The lowest BCUT2D eigenvalue weighted by atomic mass is 10.2. The van der Waals surface area contributed by atoms with Gasteiger partial charge in [0, 0.05) is 45.9 Å². The molecule has 6 nitrogen and oxygen atoms in total. The van der Waals surface area contributed by atoms with E-state index in [1.54, 1.807) is 0 Å². The Bertz CT molecular complexity index is 534. The molecular weight excluding hydrogens is 354 g/mol. The van der Waals surface area contributed by atoms with E-state index < -0.39 is 6.10 Å². The first kappa shape index (κ1) is 23.1. The zero-order valence-corrected chi connectivity index (χ0v) is 17.9. The zero-order valence-electron chi connectivity index (χ0n) is 17.9. The van der Waals surface area contributed by atoms with Crippen molar-refractivity contribution in [3.63, 3.8) is 0 Å². The number of aliphatic hydroxyl groups excluding tert-OH is 1. The topological polar surface area (TPSA) is 57.2 Å². The van der Waals surface area contributed by atoms with Crippen molar-refractivity contribution >= 4 is 0 Å². The fourth-order valence-corrected chi connectivity index (χ4v) is 3.33. The van der Waals surface area contributed by atoms with Gasteiger partial charge in [-0.2, -0.15) is 0 Å². The molecule has 0 radical (unpaired) electrons. The lowest BCUT2D eigenvalue weighted by Gasteiger charge is -2.34. The molecule has 2 N–H and O–H groups in total. The van der Waals surface area contributed by atoms with Gasteiger partial charge in [0.1, 0.15) is 18.5 Å². The minimum absolute atomic E-state index is 0.296. The third-order valence-corrected chi connectivity index (χ3v) is 5.00. The SMILES string of the molecule is CCN1CCN(C[C@@H](O)COc2cccc(CNCCCOC(C)C)c2)CC1. The van der Waals surface area contributed by atoms with Gasteiger partial charge in [0.2, 0.25) is 0 Å². The molecule has 0 unspecified atom stereocenters. The third kappa shape index (κ3) is 9.34. The van der Waals surface area contributed by atoms with Gasteiger partial charge in [0.25, 0.3) is 0 Å². The number of nitrogens with zero attached hydrogens (tertiary/aromatic N) is 2. The lowest BCUT2D eigenvalue weighted by molar-refractivity contribution is 0.0471. The summed E-state index contributed by atoms with van der Waals surface area (Å²) >= 11 is 0. The van der Waals surface area contributed by atoms with Crippen molar-refractivity contribution in [3.05, 3.63) is 29.8 Å². The van der Waals surface area contributed by atoms with Crippen molar-refractivity contribution in [3.8, 4) is 5.75 Å². The van der Waals surface area contributed by atoms with Crippen LogP contribution in [0.5, 0.6) is 5.75 Å². The molecule has 0 spiro atoms. The largest absolute Gasteiger partial charge is 0.491 e. The van der Waals surface area contributed by atoms with E-state index >= 15 is 0 Å². The second-order valence-corrected chi connectivity index (χ2v) is 7.80. The average Bonchev–Trinajstić information content (AvgIpc) is 2.70. The summed E-state index contributed by atoms with van der Waals surface area (Å²) in [5, 5.41) is 13.7. The van der Waals surface area contributed by atoms with E-state index in [-0.39, 0.29) is 0 Å². The van der Waals surface area contributed by atoms with Crippen LogP contribution >= 0.6 is 0 Å². The second kappa shape index (κ2) is 13.1. The number of hydrogen-bond acceptors (Lipinski definition) is 6. The molecule has 1 aliphatic heterocycles. The van der Waals surface area contributed by atoms with Crippen LogP contribution in [-0.2, 0) is 11.3 Å². The van der Waals surface area contributed by atoms with Crippen LogP contribution in [0.15, 0.2) is 24.3 Å².